The molecule has 2 aliphatic rings. The fourth-order valence-electron chi connectivity index (χ4n) is 3.21. The Labute approximate surface area is 148 Å². The topological polar surface area (TPSA) is 50.8 Å². The lowest BCUT2D eigenvalue weighted by molar-refractivity contribution is 0.000824. The summed E-state index contributed by atoms with van der Waals surface area (Å²) < 4.78 is 12.0. The number of fused-ring (bicyclic) bond motifs is 2. The maximum Gasteiger partial charge on any atom is 0.410 e. The molecule has 140 valence electrons. The zero-order valence-electron chi connectivity index (χ0n) is 16.7. The molecule has 0 aromatic heterocycles. The molecule has 0 aromatic carbocycles. The molecule has 2 bridgehead atoms. The van der Waals surface area contributed by atoms with Crippen LogP contribution in [-0.2, 0) is 9.16 Å². The first-order valence-corrected chi connectivity index (χ1v) is 12.1. The molecular weight excluding hydrogens is 320 g/mol. The Bertz CT molecular complexity index is 468. The summed E-state index contributed by atoms with van der Waals surface area (Å²) in [6, 6.07) is 0.641. The average Bonchev–Trinajstić information content (AvgIpc) is 2.70. The van der Waals surface area contributed by atoms with Crippen LogP contribution in [0.4, 0.5) is 4.79 Å². The van der Waals surface area contributed by atoms with E-state index in [1.807, 2.05) is 25.7 Å². The molecule has 0 radical (unpaired) electrons. The van der Waals surface area contributed by atoms with Crippen molar-refractivity contribution >= 4 is 14.4 Å². The summed E-state index contributed by atoms with van der Waals surface area (Å²) >= 11 is 0. The maximum absolute atomic E-state index is 12.6. The molecule has 2 fully saturated rings. The van der Waals surface area contributed by atoms with Crippen molar-refractivity contribution in [1.82, 2.24) is 10.2 Å². The summed E-state index contributed by atoms with van der Waals surface area (Å²) in [7, 11) is -1.78. The number of hydrogen-bond acceptors (Lipinski definition) is 4. The molecule has 0 saturated carbocycles. The monoisotopic (exact) mass is 356 g/mol. The molecule has 1 amide bonds. The highest BCUT2D eigenvalue weighted by Crippen LogP contribution is 2.37. The average molecular weight is 357 g/mol. The van der Waals surface area contributed by atoms with E-state index in [1.54, 1.807) is 0 Å². The molecule has 0 aromatic rings. The number of nitrogens with one attached hydrogen (secondary N) is 1. The second-order valence-electron chi connectivity index (χ2n) is 9.77. The zero-order valence-corrected chi connectivity index (χ0v) is 17.7. The van der Waals surface area contributed by atoms with Crippen molar-refractivity contribution in [3.8, 4) is 0 Å². The Morgan fingerprint density at radius 2 is 1.79 bits per heavy atom. The molecule has 3 atom stereocenters. The Hall–Kier alpha value is -0.593. The highest BCUT2D eigenvalue weighted by atomic mass is 28.4. The number of carbonyl (C=O) groups is 1. The van der Waals surface area contributed by atoms with Gasteiger partial charge in [-0.05, 0) is 51.7 Å². The van der Waals surface area contributed by atoms with E-state index in [0.717, 1.165) is 19.4 Å². The number of hydrogen-bond donors (Lipinski definition) is 1. The first-order chi connectivity index (χ1) is 10.8. The molecular formula is C18H36N2O3Si. The van der Waals surface area contributed by atoms with Gasteiger partial charge in [0.05, 0.1) is 12.6 Å². The van der Waals surface area contributed by atoms with E-state index in [2.05, 4.69) is 39.2 Å². The number of nitrogens with zero attached hydrogens (tertiary/aromatic N) is 1. The minimum absolute atomic E-state index is 0.172. The minimum atomic E-state index is -1.78. The molecule has 2 rings (SSSR count). The summed E-state index contributed by atoms with van der Waals surface area (Å²) in [6.45, 7) is 18.6. The zero-order chi connectivity index (χ0) is 18.3. The van der Waals surface area contributed by atoms with Crippen LogP contribution >= 0.6 is 0 Å². The summed E-state index contributed by atoms with van der Waals surface area (Å²) in [5.74, 6) is 0. The van der Waals surface area contributed by atoms with E-state index in [0.29, 0.717) is 6.61 Å². The smallest absolute Gasteiger partial charge is 0.410 e. The molecule has 0 unspecified atom stereocenters. The normalized spacial score (nSPS) is 28.2. The van der Waals surface area contributed by atoms with E-state index >= 15 is 0 Å². The van der Waals surface area contributed by atoms with Gasteiger partial charge < -0.3 is 14.5 Å². The van der Waals surface area contributed by atoms with E-state index in [9.17, 15) is 4.79 Å². The van der Waals surface area contributed by atoms with Gasteiger partial charge in [0.25, 0.3) is 0 Å². The lowest BCUT2D eigenvalue weighted by Crippen LogP contribution is -2.62. The Morgan fingerprint density at radius 3 is 2.33 bits per heavy atom. The molecule has 2 saturated heterocycles. The van der Waals surface area contributed by atoms with Crippen molar-refractivity contribution in [1.29, 1.82) is 0 Å². The maximum atomic E-state index is 12.6. The number of amides is 1. The van der Waals surface area contributed by atoms with Crippen molar-refractivity contribution in [2.24, 2.45) is 0 Å². The lowest BCUT2D eigenvalue weighted by atomic mass is 10.1. The summed E-state index contributed by atoms with van der Waals surface area (Å²) in [6.07, 6.45) is 1.91. The van der Waals surface area contributed by atoms with E-state index < -0.39 is 13.9 Å². The van der Waals surface area contributed by atoms with Crippen LogP contribution in [0.1, 0.15) is 54.4 Å². The van der Waals surface area contributed by atoms with Crippen LogP contribution in [0.5, 0.6) is 0 Å². The van der Waals surface area contributed by atoms with E-state index in [-0.39, 0.29) is 29.3 Å². The Kier molecular flexibility index (Phi) is 5.44. The van der Waals surface area contributed by atoms with Crippen LogP contribution in [0.15, 0.2) is 0 Å². The third-order valence-electron chi connectivity index (χ3n) is 5.66. The van der Waals surface area contributed by atoms with Gasteiger partial charge in [-0.15, -0.1) is 0 Å². The van der Waals surface area contributed by atoms with Crippen LogP contribution in [0.2, 0.25) is 18.1 Å². The molecule has 6 heteroatoms. The SMILES string of the molecule is CC(C)(C)OC(=O)N1[C@H]2CC[C@@H]1[C@@H](CO[Si](C)(C)C(C)(C)C)NC2. The fourth-order valence-corrected chi connectivity index (χ4v) is 4.24. The van der Waals surface area contributed by atoms with Crippen molar-refractivity contribution in [3.05, 3.63) is 0 Å². The van der Waals surface area contributed by atoms with Crippen LogP contribution in [-0.4, -0.2) is 56.2 Å². The first-order valence-electron chi connectivity index (χ1n) is 9.20. The van der Waals surface area contributed by atoms with Crippen LogP contribution in [0.3, 0.4) is 0 Å². The molecule has 0 spiro atoms. The highest BCUT2D eigenvalue weighted by molar-refractivity contribution is 6.74. The van der Waals surface area contributed by atoms with E-state index in [4.69, 9.17) is 9.16 Å². The largest absolute Gasteiger partial charge is 0.444 e. The van der Waals surface area contributed by atoms with Gasteiger partial charge >= 0.3 is 6.09 Å². The summed E-state index contributed by atoms with van der Waals surface area (Å²) in [5.41, 5.74) is -0.450. The molecule has 2 aliphatic heterocycles. The van der Waals surface area contributed by atoms with E-state index in [1.165, 1.54) is 0 Å². The molecule has 0 aliphatic carbocycles. The molecule has 1 N–H and O–H groups in total. The fraction of sp³-hybridized carbons (Fsp3) is 0.944. The first kappa shape index (κ1) is 19.7. The standard InChI is InChI=1S/C18H36N2O3Si/c1-17(2,3)23-16(21)20-13-9-10-15(20)14(19-11-13)12-22-24(7,8)18(4,5)6/h13-15,19H,9-12H2,1-8H3/t13-,14+,15+/m0/s1. The Balaban J connectivity index is 2.02. The number of ether oxygens (including phenoxy) is 1. The van der Waals surface area contributed by atoms with Crippen LogP contribution < -0.4 is 5.32 Å². The third kappa shape index (κ3) is 4.32. The lowest BCUT2D eigenvalue weighted by Gasteiger charge is -2.43. The predicted molar refractivity (Wildman–Crippen MR) is 99.8 cm³/mol. The summed E-state index contributed by atoms with van der Waals surface area (Å²) in [5, 5.41) is 3.80. The van der Waals surface area contributed by atoms with Crippen molar-refractivity contribution in [3.63, 3.8) is 0 Å². The van der Waals surface area contributed by atoms with Gasteiger partial charge in [0.15, 0.2) is 8.32 Å². The number of piperazine rings is 1. The predicted octanol–water partition coefficient (Wildman–Crippen LogP) is 3.75. The number of rotatable bonds is 3. The van der Waals surface area contributed by atoms with Crippen molar-refractivity contribution in [2.75, 3.05) is 13.2 Å². The van der Waals surface area contributed by atoms with Crippen molar-refractivity contribution < 1.29 is 14.0 Å². The van der Waals surface area contributed by atoms with Crippen LogP contribution in [0, 0.1) is 0 Å². The second kappa shape index (κ2) is 6.61. The quantitative estimate of drug-likeness (QED) is 0.783. The van der Waals surface area contributed by atoms with Gasteiger partial charge in [-0.3, -0.25) is 4.90 Å². The van der Waals surface area contributed by atoms with Crippen LogP contribution in [0.25, 0.3) is 0 Å². The second-order valence-corrected chi connectivity index (χ2v) is 14.6. The van der Waals surface area contributed by atoms with Gasteiger partial charge in [0.1, 0.15) is 5.60 Å². The molecule has 24 heavy (non-hydrogen) atoms. The third-order valence-corrected chi connectivity index (χ3v) is 10.2. The van der Waals surface area contributed by atoms with Gasteiger partial charge in [-0.1, -0.05) is 20.8 Å². The van der Waals surface area contributed by atoms with Gasteiger partial charge in [-0.25, -0.2) is 4.79 Å². The minimum Gasteiger partial charge on any atom is -0.444 e. The highest BCUT2D eigenvalue weighted by Gasteiger charge is 2.47. The van der Waals surface area contributed by atoms with Gasteiger partial charge in [0, 0.05) is 18.6 Å². The van der Waals surface area contributed by atoms with Gasteiger partial charge in [-0.2, -0.15) is 0 Å². The molecule has 2 heterocycles. The summed E-state index contributed by atoms with van der Waals surface area (Å²) in [4.78, 5) is 14.6. The van der Waals surface area contributed by atoms with Gasteiger partial charge in [0.2, 0.25) is 0 Å². The van der Waals surface area contributed by atoms with Crippen molar-refractivity contribution in [2.45, 2.75) is 96.2 Å². The molecule has 5 nitrogen and oxygen atoms in total. The number of carbonyl (C=O) groups excluding carboxylic acids is 1. The Morgan fingerprint density at radius 1 is 1.17 bits per heavy atom.